The highest BCUT2D eigenvalue weighted by molar-refractivity contribution is 7.89. The molecule has 2 unspecified atom stereocenters. The number of hydrogen-bond donors (Lipinski definition) is 1. The molecule has 176 valence electrons. The third kappa shape index (κ3) is 3.67. The van der Waals surface area contributed by atoms with Crippen molar-refractivity contribution in [3.63, 3.8) is 0 Å². The van der Waals surface area contributed by atoms with Crippen molar-refractivity contribution in [2.24, 2.45) is 5.92 Å². The predicted octanol–water partition coefficient (Wildman–Crippen LogP) is 1.87. The average Bonchev–Trinajstić information content (AvgIpc) is 2.99. The fourth-order valence-corrected chi connectivity index (χ4v) is 6.26. The van der Waals surface area contributed by atoms with Crippen molar-refractivity contribution in [1.82, 2.24) is 19.4 Å². The van der Waals surface area contributed by atoms with Gasteiger partial charge >= 0.3 is 6.03 Å². The minimum atomic E-state index is -4.37. The summed E-state index contributed by atoms with van der Waals surface area (Å²) in [5, 5.41) is 2.88. The Bertz CT molecular complexity index is 1050. The van der Waals surface area contributed by atoms with Gasteiger partial charge in [-0.3, -0.25) is 9.69 Å². The van der Waals surface area contributed by atoms with Gasteiger partial charge in [0.2, 0.25) is 10.0 Å². The molecule has 4 rings (SSSR count). The molecule has 2 saturated heterocycles. The number of piperazine rings is 1. The van der Waals surface area contributed by atoms with E-state index in [0.717, 1.165) is 23.6 Å². The first-order chi connectivity index (χ1) is 15.1. The van der Waals surface area contributed by atoms with Gasteiger partial charge < -0.3 is 5.32 Å². The SMILES string of the molecule is CC1CCCCC12NC(=O)N(CN1CCN(S(=O)(=O)c3ccc(F)c(F)c3F)CC1)C2=O. The maximum absolute atomic E-state index is 14.0. The Hall–Kier alpha value is -2.18. The monoisotopic (exact) mass is 474 g/mol. The second-order valence-electron chi connectivity index (χ2n) is 8.62. The van der Waals surface area contributed by atoms with Gasteiger partial charge in [-0.25, -0.2) is 31.3 Å². The number of rotatable bonds is 4. The Morgan fingerprint density at radius 3 is 2.41 bits per heavy atom. The van der Waals surface area contributed by atoms with Crippen LogP contribution in [0.3, 0.4) is 0 Å². The van der Waals surface area contributed by atoms with E-state index in [2.05, 4.69) is 5.32 Å². The molecule has 1 aromatic rings. The van der Waals surface area contributed by atoms with Gasteiger partial charge in [0.25, 0.3) is 5.91 Å². The van der Waals surface area contributed by atoms with Crippen molar-refractivity contribution in [3.05, 3.63) is 29.6 Å². The van der Waals surface area contributed by atoms with Crippen molar-refractivity contribution in [1.29, 1.82) is 0 Å². The quantitative estimate of drug-likeness (QED) is 0.532. The molecule has 0 bridgehead atoms. The smallest absolute Gasteiger partial charge is 0.323 e. The van der Waals surface area contributed by atoms with E-state index in [1.54, 1.807) is 4.90 Å². The Morgan fingerprint density at radius 2 is 1.75 bits per heavy atom. The molecule has 1 N–H and O–H groups in total. The maximum Gasteiger partial charge on any atom is 0.326 e. The lowest BCUT2D eigenvalue weighted by Gasteiger charge is -2.38. The summed E-state index contributed by atoms with van der Waals surface area (Å²) >= 11 is 0. The average molecular weight is 475 g/mol. The summed E-state index contributed by atoms with van der Waals surface area (Å²) in [6, 6.07) is 0.817. The molecule has 0 aromatic heterocycles. The van der Waals surface area contributed by atoms with Crippen LogP contribution in [0.4, 0.5) is 18.0 Å². The molecule has 2 atom stereocenters. The highest BCUT2D eigenvalue weighted by Crippen LogP contribution is 2.38. The molecule has 1 aromatic carbocycles. The van der Waals surface area contributed by atoms with Crippen LogP contribution < -0.4 is 5.32 Å². The van der Waals surface area contributed by atoms with Gasteiger partial charge in [-0.15, -0.1) is 0 Å². The molecule has 8 nitrogen and oxygen atoms in total. The van der Waals surface area contributed by atoms with Crippen LogP contribution in [0.15, 0.2) is 17.0 Å². The van der Waals surface area contributed by atoms with Crippen molar-refractivity contribution in [2.45, 2.75) is 43.0 Å². The van der Waals surface area contributed by atoms with Crippen molar-refractivity contribution in [3.8, 4) is 0 Å². The van der Waals surface area contributed by atoms with Gasteiger partial charge in [-0.2, -0.15) is 4.31 Å². The second-order valence-corrected chi connectivity index (χ2v) is 10.5. The van der Waals surface area contributed by atoms with Crippen LogP contribution in [0.1, 0.15) is 32.6 Å². The predicted molar refractivity (Wildman–Crippen MR) is 107 cm³/mol. The summed E-state index contributed by atoms with van der Waals surface area (Å²) in [7, 11) is -4.37. The zero-order valence-electron chi connectivity index (χ0n) is 17.6. The van der Waals surface area contributed by atoms with Crippen molar-refractivity contribution < 1.29 is 31.2 Å². The number of sulfonamides is 1. The van der Waals surface area contributed by atoms with Gasteiger partial charge in [-0.05, 0) is 30.9 Å². The van der Waals surface area contributed by atoms with Gasteiger partial charge in [-0.1, -0.05) is 19.8 Å². The molecular weight excluding hydrogens is 449 g/mol. The molecule has 2 heterocycles. The highest BCUT2D eigenvalue weighted by atomic mass is 32.2. The van der Waals surface area contributed by atoms with E-state index in [-0.39, 0.29) is 44.7 Å². The Balaban J connectivity index is 1.42. The minimum Gasteiger partial charge on any atom is -0.323 e. The Kier molecular flexibility index (Phi) is 5.97. The number of nitrogens with one attached hydrogen (secondary N) is 1. The fourth-order valence-electron chi connectivity index (χ4n) is 4.78. The summed E-state index contributed by atoms with van der Waals surface area (Å²) in [5.74, 6) is -5.28. The van der Waals surface area contributed by atoms with Crippen LogP contribution in [0.25, 0.3) is 0 Å². The number of amides is 3. The first-order valence-electron chi connectivity index (χ1n) is 10.6. The first kappa shape index (κ1) is 23.0. The van der Waals surface area contributed by atoms with Crippen LogP contribution in [-0.4, -0.2) is 72.8 Å². The second kappa shape index (κ2) is 8.31. The number of hydrogen-bond acceptors (Lipinski definition) is 5. The summed E-state index contributed by atoms with van der Waals surface area (Å²) < 4.78 is 67.1. The number of halogens is 3. The highest BCUT2D eigenvalue weighted by Gasteiger charge is 2.55. The van der Waals surface area contributed by atoms with E-state index in [9.17, 15) is 31.2 Å². The maximum atomic E-state index is 14.0. The van der Waals surface area contributed by atoms with Crippen molar-refractivity contribution >= 4 is 22.0 Å². The fraction of sp³-hybridized carbons (Fsp3) is 0.600. The van der Waals surface area contributed by atoms with Crippen LogP contribution in [-0.2, 0) is 14.8 Å². The van der Waals surface area contributed by atoms with E-state index < -0.39 is 43.9 Å². The molecule has 3 fully saturated rings. The zero-order chi connectivity index (χ0) is 23.3. The molecule has 2 aliphatic heterocycles. The largest absolute Gasteiger partial charge is 0.326 e. The Labute approximate surface area is 184 Å². The molecule has 1 aliphatic carbocycles. The number of benzene rings is 1. The van der Waals surface area contributed by atoms with Crippen molar-refractivity contribution in [2.75, 3.05) is 32.8 Å². The van der Waals surface area contributed by atoms with E-state index in [4.69, 9.17) is 0 Å². The molecule has 1 spiro atoms. The third-order valence-electron chi connectivity index (χ3n) is 6.79. The summed E-state index contributed by atoms with van der Waals surface area (Å²) in [6.07, 6.45) is 3.33. The van der Waals surface area contributed by atoms with Gasteiger partial charge in [0.15, 0.2) is 17.5 Å². The lowest BCUT2D eigenvalue weighted by molar-refractivity contribution is -0.135. The molecule has 0 radical (unpaired) electrons. The Morgan fingerprint density at radius 1 is 1.06 bits per heavy atom. The van der Waals surface area contributed by atoms with Gasteiger partial charge in [0.05, 0.1) is 6.67 Å². The molecule has 1 saturated carbocycles. The van der Waals surface area contributed by atoms with Gasteiger partial charge in [0.1, 0.15) is 10.4 Å². The summed E-state index contributed by atoms with van der Waals surface area (Å²) in [6.45, 7) is 2.25. The number of carbonyl (C=O) groups is 2. The lowest BCUT2D eigenvalue weighted by Crippen LogP contribution is -2.55. The molecular formula is C20H25F3N4O4S. The molecule has 3 aliphatic rings. The summed E-state index contributed by atoms with van der Waals surface area (Å²) in [4.78, 5) is 27.6. The topological polar surface area (TPSA) is 90.0 Å². The number of carbonyl (C=O) groups excluding carboxylic acids is 2. The molecule has 12 heteroatoms. The van der Waals surface area contributed by atoms with E-state index in [0.29, 0.717) is 18.6 Å². The number of nitrogens with zero attached hydrogens (tertiary/aromatic N) is 3. The van der Waals surface area contributed by atoms with Crippen LogP contribution in [0.2, 0.25) is 0 Å². The molecule has 3 amide bonds. The van der Waals surface area contributed by atoms with Crippen LogP contribution >= 0.6 is 0 Å². The number of imide groups is 1. The van der Waals surface area contributed by atoms with E-state index >= 15 is 0 Å². The number of urea groups is 1. The summed E-state index contributed by atoms with van der Waals surface area (Å²) in [5.41, 5.74) is -0.870. The third-order valence-corrected chi connectivity index (χ3v) is 8.71. The minimum absolute atomic E-state index is 0.0204. The van der Waals surface area contributed by atoms with Crippen LogP contribution in [0, 0.1) is 23.4 Å². The van der Waals surface area contributed by atoms with E-state index in [1.165, 1.54) is 4.90 Å². The normalized spacial score (nSPS) is 27.9. The standard InChI is InChI=1S/C20H25F3N4O4S/c1-13-4-2-3-7-20(13)18(28)27(19(29)24-20)12-25-8-10-26(11-9-25)32(30,31)15-6-5-14(21)16(22)17(15)23/h5-6,13H,2-4,7-12H2,1H3,(H,24,29). The lowest BCUT2D eigenvalue weighted by atomic mass is 9.73. The first-order valence-corrected chi connectivity index (χ1v) is 12.0. The van der Waals surface area contributed by atoms with E-state index in [1.807, 2.05) is 6.92 Å². The zero-order valence-corrected chi connectivity index (χ0v) is 18.4. The van der Waals surface area contributed by atoms with Crippen LogP contribution in [0.5, 0.6) is 0 Å². The van der Waals surface area contributed by atoms with Gasteiger partial charge in [0, 0.05) is 26.2 Å². The molecule has 32 heavy (non-hydrogen) atoms.